The van der Waals surface area contributed by atoms with Gasteiger partial charge in [0.2, 0.25) is 0 Å². The fraction of sp³-hybridized carbons (Fsp3) is 0.533. The van der Waals surface area contributed by atoms with Gasteiger partial charge in [0.15, 0.2) is 0 Å². The fourth-order valence-electron chi connectivity index (χ4n) is 2.53. The predicted molar refractivity (Wildman–Crippen MR) is 76.1 cm³/mol. The maximum Gasteiger partial charge on any atom is 0.253 e. The van der Waals surface area contributed by atoms with Crippen LogP contribution in [0.1, 0.15) is 28.8 Å². The highest BCUT2D eigenvalue weighted by Gasteiger charge is 2.20. The summed E-state index contributed by atoms with van der Waals surface area (Å²) < 4.78 is 5.34. The lowest BCUT2D eigenvalue weighted by Gasteiger charge is -2.27. The van der Waals surface area contributed by atoms with E-state index in [1.807, 2.05) is 31.0 Å². The lowest BCUT2D eigenvalue weighted by atomic mass is 9.99. The molecule has 1 aromatic carbocycles. The standard InChI is InChI=1S/C15H22N2O2/c1-11-9-13(16)3-4-14(11)15(18)17(2)10-12-5-7-19-8-6-12/h3-4,9,12H,5-8,10,16H2,1-2H3. The predicted octanol–water partition coefficient (Wildman–Crippen LogP) is 2.08. The number of hydrogen-bond donors (Lipinski definition) is 1. The molecule has 1 aromatic rings. The summed E-state index contributed by atoms with van der Waals surface area (Å²) in [6.07, 6.45) is 2.08. The molecule has 1 aliphatic rings. The van der Waals surface area contributed by atoms with E-state index >= 15 is 0 Å². The molecule has 0 radical (unpaired) electrons. The lowest BCUT2D eigenvalue weighted by molar-refractivity contribution is 0.0497. The number of aryl methyl sites for hydroxylation is 1. The first-order valence-corrected chi connectivity index (χ1v) is 6.77. The summed E-state index contributed by atoms with van der Waals surface area (Å²) >= 11 is 0. The van der Waals surface area contributed by atoms with Crippen LogP contribution in [0, 0.1) is 12.8 Å². The molecule has 2 rings (SSSR count). The summed E-state index contributed by atoms with van der Waals surface area (Å²) in [6.45, 7) is 4.35. The Morgan fingerprint density at radius 3 is 2.74 bits per heavy atom. The summed E-state index contributed by atoms with van der Waals surface area (Å²) in [7, 11) is 1.87. The largest absolute Gasteiger partial charge is 0.399 e. The molecule has 0 atom stereocenters. The van der Waals surface area contributed by atoms with E-state index in [2.05, 4.69) is 0 Å². The highest BCUT2D eigenvalue weighted by atomic mass is 16.5. The van der Waals surface area contributed by atoms with Gasteiger partial charge in [-0.05, 0) is 49.4 Å². The number of carbonyl (C=O) groups is 1. The first kappa shape index (κ1) is 13.9. The summed E-state index contributed by atoms with van der Waals surface area (Å²) in [6, 6.07) is 5.44. The molecular formula is C15H22N2O2. The maximum absolute atomic E-state index is 12.4. The Hall–Kier alpha value is -1.55. The van der Waals surface area contributed by atoms with E-state index in [9.17, 15) is 4.79 Å². The molecule has 0 bridgehead atoms. The molecule has 1 aliphatic heterocycles. The number of benzene rings is 1. The van der Waals surface area contributed by atoms with Crippen LogP contribution in [0.15, 0.2) is 18.2 Å². The molecule has 0 spiro atoms. The Kier molecular flexibility index (Phi) is 4.43. The molecule has 2 N–H and O–H groups in total. The number of hydrogen-bond acceptors (Lipinski definition) is 3. The van der Waals surface area contributed by atoms with Crippen molar-refractivity contribution < 1.29 is 9.53 Å². The molecule has 104 valence electrons. The van der Waals surface area contributed by atoms with Gasteiger partial charge in [0, 0.05) is 38.1 Å². The van der Waals surface area contributed by atoms with Crippen LogP contribution in [-0.2, 0) is 4.74 Å². The van der Waals surface area contributed by atoms with E-state index < -0.39 is 0 Å². The van der Waals surface area contributed by atoms with Gasteiger partial charge in [-0.15, -0.1) is 0 Å². The molecule has 1 heterocycles. The minimum atomic E-state index is 0.0731. The molecule has 4 nitrogen and oxygen atoms in total. The van der Waals surface area contributed by atoms with Crippen molar-refractivity contribution in [1.82, 2.24) is 4.90 Å². The van der Waals surface area contributed by atoms with Gasteiger partial charge in [-0.3, -0.25) is 4.79 Å². The van der Waals surface area contributed by atoms with Crippen LogP contribution in [0.2, 0.25) is 0 Å². The molecular weight excluding hydrogens is 240 g/mol. The fourth-order valence-corrected chi connectivity index (χ4v) is 2.53. The summed E-state index contributed by atoms with van der Waals surface area (Å²) in [5.41, 5.74) is 8.08. The monoisotopic (exact) mass is 262 g/mol. The maximum atomic E-state index is 12.4. The Morgan fingerprint density at radius 2 is 2.11 bits per heavy atom. The van der Waals surface area contributed by atoms with Crippen LogP contribution in [-0.4, -0.2) is 37.6 Å². The quantitative estimate of drug-likeness (QED) is 0.848. The lowest BCUT2D eigenvalue weighted by Crippen LogP contribution is -2.34. The van der Waals surface area contributed by atoms with Crippen molar-refractivity contribution in [3.63, 3.8) is 0 Å². The van der Waals surface area contributed by atoms with Crippen LogP contribution >= 0.6 is 0 Å². The van der Waals surface area contributed by atoms with Crippen LogP contribution in [0.25, 0.3) is 0 Å². The number of nitrogens with two attached hydrogens (primary N) is 1. The van der Waals surface area contributed by atoms with Gasteiger partial charge >= 0.3 is 0 Å². The number of ether oxygens (including phenoxy) is 1. The molecule has 19 heavy (non-hydrogen) atoms. The number of amides is 1. The molecule has 0 aliphatic carbocycles. The van der Waals surface area contributed by atoms with E-state index in [-0.39, 0.29) is 5.91 Å². The van der Waals surface area contributed by atoms with E-state index in [1.165, 1.54) is 0 Å². The SMILES string of the molecule is Cc1cc(N)ccc1C(=O)N(C)CC1CCOCC1. The topological polar surface area (TPSA) is 55.6 Å². The summed E-state index contributed by atoms with van der Waals surface area (Å²) in [5.74, 6) is 0.626. The van der Waals surface area contributed by atoms with Gasteiger partial charge in [-0.1, -0.05) is 0 Å². The second kappa shape index (κ2) is 6.06. The first-order valence-electron chi connectivity index (χ1n) is 6.77. The molecule has 1 fully saturated rings. The molecule has 1 saturated heterocycles. The molecule has 4 heteroatoms. The van der Waals surface area contributed by atoms with Crippen LogP contribution in [0.5, 0.6) is 0 Å². The van der Waals surface area contributed by atoms with Crippen molar-refractivity contribution in [2.24, 2.45) is 5.92 Å². The van der Waals surface area contributed by atoms with Gasteiger partial charge in [-0.25, -0.2) is 0 Å². The first-order chi connectivity index (χ1) is 9.08. The Bertz CT molecular complexity index is 453. The van der Waals surface area contributed by atoms with Crippen molar-refractivity contribution in [2.75, 3.05) is 32.5 Å². The molecule has 1 amide bonds. The number of carbonyl (C=O) groups excluding carboxylic acids is 1. The second-order valence-corrected chi connectivity index (χ2v) is 5.32. The van der Waals surface area contributed by atoms with Crippen LogP contribution in [0.3, 0.4) is 0 Å². The summed E-state index contributed by atoms with van der Waals surface area (Å²) in [4.78, 5) is 14.2. The summed E-state index contributed by atoms with van der Waals surface area (Å²) in [5, 5.41) is 0. The smallest absolute Gasteiger partial charge is 0.253 e. The molecule has 0 saturated carbocycles. The molecule has 0 aromatic heterocycles. The average Bonchev–Trinajstić information content (AvgIpc) is 2.39. The van der Waals surface area contributed by atoms with Gasteiger partial charge < -0.3 is 15.4 Å². The zero-order chi connectivity index (χ0) is 13.8. The van der Waals surface area contributed by atoms with Crippen molar-refractivity contribution in [2.45, 2.75) is 19.8 Å². The minimum Gasteiger partial charge on any atom is -0.399 e. The Labute approximate surface area is 114 Å². The van der Waals surface area contributed by atoms with Gasteiger partial charge in [0.05, 0.1) is 0 Å². The third-order valence-corrected chi connectivity index (χ3v) is 3.70. The van der Waals surface area contributed by atoms with Crippen LogP contribution < -0.4 is 5.73 Å². The van der Waals surface area contributed by atoms with E-state index in [0.717, 1.165) is 43.7 Å². The zero-order valence-corrected chi connectivity index (χ0v) is 11.7. The van der Waals surface area contributed by atoms with Gasteiger partial charge in [0.1, 0.15) is 0 Å². The van der Waals surface area contributed by atoms with Crippen molar-refractivity contribution in [3.8, 4) is 0 Å². The molecule has 0 unspecified atom stereocenters. The normalized spacial score (nSPS) is 16.3. The van der Waals surface area contributed by atoms with Crippen molar-refractivity contribution in [3.05, 3.63) is 29.3 Å². The third kappa shape index (κ3) is 3.47. The van der Waals surface area contributed by atoms with Crippen molar-refractivity contribution in [1.29, 1.82) is 0 Å². The van der Waals surface area contributed by atoms with E-state index in [1.54, 1.807) is 6.07 Å². The highest BCUT2D eigenvalue weighted by Crippen LogP contribution is 2.18. The number of nitrogen functional groups attached to an aromatic ring is 1. The minimum absolute atomic E-state index is 0.0731. The van der Waals surface area contributed by atoms with Gasteiger partial charge in [0.25, 0.3) is 5.91 Å². The number of nitrogens with zero attached hydrogens (tertiary/aromatic N) is 1. The Morgan fingerprint density at radius 1 is 1.42 bits per heavy atom. The van der Waals surface area contributed by atoms with Crippen LogP contribution in [0.4, 0.5) is 5.69 Å². The van der Waals surface area contributed by atoms with E-state index in [0.29, 0.717) is 11.6 Å². The average molecular weight is 262 g/mol. The van der Waals surface area contributed by atoms with E-state index in [4.69, 9.17) is 10.5 Å². The zero-order valence-electron chi connectivity index (χ0n) is 11.7. The number of rotatable bonds is 3. The Balaban J connectivity index is 2.01. The second-order valence-electron chi connectivity index (χ2n) is 5.32. The third-order valence-electron chi connectivity index (χ3n) is 3.70. The number of anilines is 1. The van der Waals surface area contributed by atoms with Crippen molar-refractivity contribution >= 4 is 11.6 Å². The van der Waals surface area contributed by atoms with Gasteiger partial charge in [-0.2, -0.15) is 0 Å². The highest BCUT2D eigenvalue weighted by molar-refractivity contribution is 5.95.